The van der Waals surface area contributed by atoms with Gasteiger partial charge in [-0.3, -0.25) is 0 Å². The van der Waals surface area contributed by atoms with Gasteiger partial charge in [0, 0.05) is 0 Å². The van der Waals surface area contributed by atoms with Crippen LogP contribution in [0, 0.1) is 5.41 Å². The van der Waals surface area contributed by atoms with Crippen molar-refractivity contribution in [3.8, 4) is 11.5 Å². The maximum absolute atomic E-state index is 13.8. The topological polar surface area (TPSA) is 183 Å². The largest absolute Gasteiger partial charge is 0.596 e. The van der Waals surface area contributed by atoms with Crippen LogP contribution in [0.5, 0.6) is 11.5 Å². The van der Waals surface area contributed by atoms with Gasteiger partial charge in [0.25, 0.3) is 0 Å². The molecule has 0 saturated carbocycles. The molecule has 46 heavy (non-hydrogen) atoms. The van der Waals surface area contributed by atoms with E-state index in [2.05, 4.69) is 27.7 Å². The first-order valence-electron chi connectivity index (χ1n) is 16.3. The van der Waals surface area contributed by atoms with Crippen LogP contribution in [-0.4, -0.2) is 56.6 Å². The smallest absolute Gasteiger partial charge is 0.396 e. The van der Waals surface area contributed by atoms with Gasteiger partial charge in [-0.05, 0) is 85.8 Å². The van der Waals surface area contributed by atoms with Gasteiger partial charge in [-0.15, -0.1) is 0 Å². The van der Waals surface area contributed by atoms with Crippen molar-refractivity contribution in [3.63, 3.8) is 0 Å². The van der Waals surface area contributed by atoms with Gasteiger partial charge in [-0.25, -0.2) is 9.13 Å². The minimum absolute atomic E-state index is 0.250. The van der Waals surface area contributed by atoms with Crippen LogP contribution in [0.25, 0.3) is 0 Å². The molecule has 2 aromatic rings. The summed E-state index contributed by atoms with van der Waals surface area (Å²) in [5.74, 6) is 0.500. The van der Waals surface area contributed by atoms with Crippen LogP contribution in [0.15, 0.2) is 36.4 Å². The van der Waals surface area contributed by atoms with E-state index in [0.29, 0.717) is 12.8 Å². The molecule has 0 aliphatic heterocycles. The molecule has 11 nitrogen and oxygen atoms in total. The van der Waals surface area contributed by atoms with E-state index in [1.807, 2.05) is 24.3 Å². The summed E-state index contributed by atoms with van der Waals surface area (Å²) in [4.78, 5) is 19.1. The number of benzene rings is 2. The van der Waals surface area contributed by atoms with Gasteiger partial charge in [-0.1, -0.05) is 77.6 Å². The van der Waals surface area contributed by atoms with Gasteiger partial charge >= 0.3 is 15.6 Å². The molecular formula is C33H56O11P2. The second-order valence-electron chi connectivity index (χ2n) is 11.6. The Balaban J connectivity index is 0.00000102. The molecule has 0 atom stereocenters. The maximum atomic E-state index is 13.8. The molecule has 2 rings (SSSR count). The van der Waals surface area contributed by atoms with Crippen LogP contribution in [-0.2, 0) is 39.1 Å². The lowest BCUT2D eigenvalue weighted by Gasteiger charge is -2.23. The summed E-state index contributed by atoms with van der Waals surface area (Å²) in [6, 6.07) is 11.2. The zero-order valence-corrected chi connectivity index (χ0v) is 29.7. The summed E-state index contributed by atoms with van der Waals surface area (Å²) >= 11 is 0. The number of phosphoric ester groups is 1. The highest BCUT2D eigenvalue weighted by atomic mass is 31.3. The van der Waals surface area contributed by atoms with Crippen molar-refractivity contribution in [1.82, 2.24) is 0 Å². The predicted octanol–water partition coefficient (Wildman–Crippen LogP) is 6.67. The molecule has 0 spiro atoms. The van der Waals surface area contributed by atoms with E-state index in [-0.39, 0.29) is 11.5 Å². The molecule has 0 amide bonds. The van der Waals surface area contributed by atoms with E-state index in [0.717, 1.165) is 86.5 Å². The summed E-state index contributed by atoms with van der Waals surface area (Å²) in [6.07, 6.45) is 11.1. The quantitative estimate of drug-likeness (QED) is 0.0725. The molecule has 0 aromatic heterocycles. The second kappa shape index (κ2) is 22.0. The molecule has 0 unspecified atom stereocenters. The minimum Gasteiger partial charge on any atom is -0.396 e. The molecule has 0 heterocycles. The first-order valence-corrected chi connectivity index (χ1v) is 19.3. The Hall–Kier alpha value is -1.78. The monoisotopic (exact) mass is 690 g/mol. The number of rotatable bonds is 22. The van der Waals surface area contributed by atoms with Crippen molar-refractivity contribution in [2.45, 2.75) is 105 Å². The fraction of sp³-hybridized carbons (Fsp3) is 0.636. The number of aliphatic hydroxyl groups is 4. The number of aryl methyl sites for hydroxylation is 4. The lowest BCUT2D eigenvalue weighted by molar-refractivity contribution is -0.0328. The lowest BCUT2D eigenvalue weighted by Crippen LogP contribution is -2.37. The highest BCUT2D eigenvalue weighted by Crippen LogP contribution is 2.61. The molecule has 0 bridgehead atoms. The predicted molar refractivity (Wildman–Crippen MR) is 180 cm³/mol. The summed E-state index contributed by atoms with van der Waals surface area (Å²) in [6.45, 7) is 6.80. The van der Waals surface area contributed by atoms with Gasteiger partial charge in [0.1, 0.15) is 11.5 Å². The van der Waals surface area contributed by atoms with Gasteiger partial charge in [0.15, 0.2) is 0 Å². The van der Waals surface area contributed by atoms with E-state index in [1.165, 1.54) is 0 Å². The molecule has 0 fully saturated rings. The first-order chi connectivity index (χ1) is 21.9. The standard InChI is InChI=1S/C28H44O7P2.C5H12O4/c1-5-9-13-23-17-19-27(25(21-23)15-11-7-3)33-37(32,35-36(29,30)31)34-28-20-18-24(14-10-6-2)22-26(28)16-12-8-4;6-1-5(2-7,3-8)4-9/h17-22H,5-16H2,1-4H3,(H2,29,30,31);6-9H,1-4H2. The lowest BCUT2D eigenvalue weighted by atomic mass is 9.93. The average molecular weight is 691 g/mol. The molecule has 264 valence electrons. The molecule has 0 saturated heterocycles. The van der Waals surface area contributed by atoms with E-state index in [4.69, 9.17) is 33.8 Å². The SMILES string of the molecule is CCCCc1ccc(OP(=O)(Oc2ccc(CCCC)cc2CCCC)OP(=O)(O)O)c(CCCC)c1.OCC(CO)(CO)CO. The van der Waals surface area contributed by atoms with Crippen LogP contribution in [0.4, 0.5) is 0 Å². The molecular weight excluding hydrogens is 634 g/mol. The summed E-state index contributed by atoms with van der Waals surface area (Å²) in [7, 11) is -9.93. The van der Waals surface area contributed by atoms with Crippen molar-refractivity contribution in [1.29, 1.82) is 0 Å². The third-order valence-corrected chi connectivity index (χ3v) is 9.95. The molecule has 6 N–H and O–H groups in total. The first kappa shape index (κ1) is 42.2. The third kappa shape index (κ3) is 15.4. The Kier molecular flexibility index (Phi) is 20.2. The fourth-order valence-corrected chi connectivity index (χ4v) is 6.55. The number of hydrogen-bond donors (Lipinski definition) is 6. The van der Waals surface area contributed by atoms with E-state index in [9.17, 15) is 18.9 Å². The van der Waals surface area contributed by atoms with E-state index in [1.54, 1.807) is 12.1 Å². The Morgan fingerprint density at radius 2 is 0.935 bits per heavy atom. The number of phosphoric acid groups is 2. The third-order valence-electron chi connectivity index (χ3n) is 7.46. The highest BCUT2D eigenvalue weighted by molar-refractivity contribution is 7.61. The normalized spacial score (nSPS) is 12.0. The molecule has 2 aromatic carbocycles. The van der Waals surface area contributed by atoms with Gasteiger partial charge in [0.05, 0.1) is 31.8 Å². The number of aliphatic hydroxyl groups excluding tert-OH is 4. The Morgan fingerprint density at radius 1 is 0.587 bits per heavy atom. The Morgan fingerprint density at radius 3 is 1.22 bits per heavy atom. The van der Waals surface area contributed by atoms with Crippen molar-refractivity contribution in [2.75, 3.05) is 26.4 Å². The van der Waals surface area contributed by atoms with E-state index < -0.39 is 47.5 Å². The average Bonchev–Trinajstić information content (AvgIpc) is 3.03. The maximum Gasteiger partial charge on any atom is 0.596 e. The van der Waals surface area contributed by atoms with Crippen LogP contribution in [0.1, 0.15) is 101 Å². The van der Waals surface area contributed by atoms with Gasteiger partial charge < -0.3 is 39.3 Å². The molecule has 13 heteroatoms. The summed E-state index contributed by atoms with van der Waals surface area (Å²) < 4.78 is 41.8. The summed E-state index contributed by atoms with van der Waals surface area (Å²) in [5.41, 5.74) is 2.79. The summed E-state index contributed by atoms with van der Waals surface area (Å²) in [5, 5.41) is 34.0. The molecule has 0 aliphatic rings. The van der Waals surface area contributed by atoms with Crippen molar-refractivity contribution in [3.05, 3.63) is 58.7 Å². The van der Waals surface area contributed by atoms with Crippen LogP contribution >= 0.6 is 15.6 Å². The Bertz CT molecular complexity index is 1140. The van der Waals surface area contributed by atoms with Crippen molar-refractivity contribution >= 4 is 15.6 Å². The second-order valence-corrected chi connectivity index (χ2v) is 14.5. The van der Waals surface area contributed by atoms with Gasteiger partial charge in [0.2, 0.25) is 0 Å². The number of hydrogen-bond acceptors (Lipinski definition) is 9. The number of unbranched alkanes of at least 4 members (excludes halogenated alkanes) is 4. The molecule has 0 radical (unpaired) electrons. The van der Waals surface area contributed by atoms with Crippen LogP contribution < -0.4 is 9.05 Å². The van der Waals surface area contributed by atoms with Crippen molar-refractivity contribution in [2.24, 2.45) is 5.41 Å². The van der Waals surface area contributed by atoms with Crippen LogP contribution in [0.3, 0.4) is 0 Å². The highest BCUT2D eigenvalue weighted by Gasteiger charge is 2.40. The fourth-order valence-electron chi connectivity index (χ4n) is 4.36. The molecule has 0 aliphatic carbocycles. The zero-order chi connectivity index (χ0) is 34.6. The Labute approximate surface area is 274 Å². The van der Waals surface area contributed by atoms with Crippen LogP contribution in [0.2, 0.25) is 0 Å². The zero-order valence-electron chi connectivity index (χ0n) is 27.9. The van der Waals surface area contributed by atoms with E-state index >= 15 is 0 Å². The van der Waals surface area contributed by atoms with Crippen molar-refractivity contribution < 1.29 is 52.7 Å². The van der Waals surface area contributed by atoms with Gasteiger partial charge in [-0.2, -0.15) is 4.31 Å². The minimum atomic E-state index is -5.20.